The van der Waals surface area contributed by atoms with Gasteiger partial charge < -0.3 is 15.4 Å². The van der Waals surface area contributed by atoms with Crippen molar-refractivity contribution < 1.29 is 9.53 Å². The zero-order valence-corrected chi connectivity index (χ0v) is 14.6. The molecule has 0 radical (unpaired) electrons. The molecule has 1 amide bonds. The molecule has 0 aromatic heterocycles. The molecule has 0 atom stereocenters. The first kappa shape index (κ1) is 18.2. The van der Waals surface area contributed by atoms with Crippen molar-refractivity contribution >= 4 is 18.3 Å². The van der Waals surface area contributed by atoms with Gasteiger partial charge in [-0.1, -0.05) is 29.8 Å². The summed E-state index contributed by atoms with van der Waals surface area (Å²) in [5.74, 6) is 0.270. The maximum absolute atomic E-state index is 13.3. The van der Waals surface area contributed by atoms with Crippen molar-refractivity contribution in [2.45, 2.75) is 44.1 Å². The molecule has 1 aromatic rings. The van der Waals surface area contributed by atoms with Gasteiger partial charge in [0.05, 0.1) is 5.41 Å². The molecule has 2 aliphatic heterocycles. The Kier molecular flexibility index (Phi) is 6.06. The Morgan fingerprint density at radius 1 is 1.17 bits per heavy atom. The molecular formula is C18H27ClN2O2. The van der Waals surface area contributed by atoms with Crippen molar-refractivity contribution in [2.75, 3.05) is 26.3 Å². The molecule has 4 nitrogen and oxygen atoms in total. The minimum Gasteiger partial charge on any atom is -0.381 e. The molecule has 0 saturated carbocycles. The summed E-state index contributed by atoms with van der Waals surface area (Å²) in [6, 6.07) is 8.69. The van der Waals surface area contributed by atoms with Crippen molar-refractivity contribution in [3.05, 3.63) is 35.4 Å². The van der Waals surface area contributed by atoms with Crippen LogP contribution in [0.25, 0.3) is 0 Å². The van der Waals surface area contributed by atoms with Crippen LogP contribution in [0.3, 0.4) is 0 Å². The topological polar surface area (TPSA) is 55.6 Å². The second kappa shape index (κ2) is 7.65. The smallest absolute Gasteiger partial charge is 0.233 e. The van der Waals surface area contributed by atoms with Crippen molar-refractivity contribution in [1.29, 1.82) is 0 Å². The highest BCUT2D eigenvalue weighted by Crippen LogP contribution is 2.37. The van der Waals surface area contributed by atoms with Gasteiger partial charge in [0, 0.05) is 32.3 Å². The highest BCUT2D eigenvalue weighted by atomic mass is 35.5. The van der Waals surface area contributed by atoms with Gasteiger partial charge in [-0.25, -0.2) is 0 Å². The van der Waals surface area contributed by atoms with Crippen LogP contribution in [0.1, 0.15) is 36.8 Å². The fourth-order valence-electron chi connectivity index (χ4n) is 3.62. The Bertz CT molecular complexity index is 518. The van der Waals surface area contributed by atoms with Gasteiger partial charge in [0.15, 0.2) is 0 Å². The van der Waals surface area contributed by atoms with Gasteiger partial charge in [-0.15, -0.1) is 12.4 Å². The van der Waals surface area contributed by atoms with Crippen molar-refractivity contribution in [3.8, 4) is 0 Å². The number of benzene rings is 1. The Labute approximate surface area is 144 Å². The molecule has 2 N–H and O–H groups in total. The summed E-state index contributed by atoms with van der Waals surface area (Å²) in [5, 5.41) is 0. The molecule has 2 aliphatic rings. The summed E-state index contributed by atoms with van der Waals surface area (Å²) in [5.41, 5.74) is 7.93. The summed E-state index contributed by atoms with van der Waals surface area (Å²) in [7, 11) is 0. The second-order valence-corrected chi connectivity index (χ2v) is 6.69. The van der Waals surface area contributed by atoms with Crippen molar-refractivity contribution in [1.82, 2.24) is 4.90 Å². The molecule has 0 unspecified atom stereocenters. The van der Waals surface area contributed by atoms with Crippen LogP contribution in [0.4, 0.5) is 0 Å². The number of aryl methyl sites for hydroxylation is 1. The molecule has 128 valence electrons. The minimum atomic E-state index is -0.409. The number of hydrogen-bond donors (Lipinski definition) is 1. The molecule has 0 aliphatic carbocycles. The Hall–Kier alpha value is -1.10. The van der Waals surface area contributed by atoms with Crippen LogP contribution < -0.4 is 5.73 Å². The van der Waals surface area contributed by atoms with E-state index >= 15 is 0 Å². The van der Waals surface area contributed by atoms with Gasteiger partial charge in [-0.2, -0.15) is 0 Å². The minimum absolute atomic E-state index is 0. The van der Waals surface area contributed by atoms with E-state index in [4.69, 9.17) is 10.5 Å². The van der Waals surface area contributed by atoms with E-state index in [9.17, 15) is 4.79 Å². The fraction of sp³-hybridized carbons (Fsp3) is 0.611. The standard InChI is InChI=1S/C18H26N2O2.ClH/c1-14-2-4-15(5-3-14)18(8-12-22-13-9-18)17(21)20-10-6-16(19)7-11-20;/h2-5,16H,6-13,19H2,1H3;1H. The number of rotatable bonds is 2. The molecule has 2 heterocycles. The number of halogens is 1. The van der Waals surface area contributed by atoms with E-state index in [2.05, 4.69) is 31.2 Å². The monoisotopic (exact) mass is 338 g/mol. The van der Waals surface area contributed by atoms with E-state index in [0.717, 1.165) is 44.3 Å². The fourth-order valence-corrected chi connectivity index (χ4v) is 3.62. The Morgan fingerprint density at radius 3 is 2.30 bits per heavy atom. The van der Waals surface area contributed by atoms with Gasteiger partial charge in [-0.05, 0) is 38.2 Å². The predicted octanol–water partition coefficient (Wildman–Crippen LogP) is 2.41. The van der Waals surface area contributed by atoms with Gasteiger partial charge in [0.1, 0.15) is 0 Å². The number of carbonyl (C=O) groups excluding carboxylic acids is 1. The largest absolute Gasteiger partial charge is 0.381 e. The van der Waals surface area contributed by atoms with Crippen LogP contribution in [-0.2, 0) is 14.9 Å². The van der Waals surface area contributed by atoms with Crippen molar-refractivity contribution in [2.24, 2.45) is 5.73 Å². The molecular weight excluding hydrogens is 312 g/mol. The van der Waals surface area contributed by atoms with E-state index in [1.54, 1.807) is 0 Å². The van der Waals surface area contributed by atoms with Crippen molar-refractivity contribution in [3.63, 3.8) is 0 Å². The summed E-state index contributed by atoms with van der Waals surface area (Å²) in [6.45, 7) is 4.97. The summed E-state index contributed by atoms with van der Waals surface area (Å²) < 4.78 is 5.53. The maximum Gasteiger partial charge on any atom is 0.233 e. The highest BCUT2D eigenvalue weighted by Gasteiger charge is 2.44. The number of nitrogens with zero attached hydrogens (tertiary/aromatic N) is 1. The van der Waals surface area contributed by atoms with Crippen LogP contribution in [0.15, 0.2) is 24.3 Å². The molecule has 23 heavy (non-hydrogen) atoms. The van der Waals surface area contributed by atoms with E-state index in [0.29, 0.717) is 13.2 Å². The lowest BCUT2D eigenvalue weighted by Gasteiger charge is -2.42. The van der Waals surface area contributed by atoms with Gasteiger partial charge in [0.2, 0.25) is 5.91 Å². The lowest BCUT2D eigenvalue weighted by molar-refractivity contribution is -0.142. The molecule has 5 heteroatoms. The van der Waals surface area contributed by atoms with Crippen LogP contribution in [0.5, 0.6) is 0 Å². The number of amides is 1. The number of ether oxygens (including phenoxy) is 1. The molecule has 0 bridgehead atoms. The van der Waals surface area contributed by atoms with Gasteiger partial charge in [0.25, 0.3) is 0 Å². The van der Waals surface area contributed by atoms with Crippen LogP contribution >= 0.6 is 12.4 Å². The van der Waals surface area contributed by atoms with Crippen LogP contribution in [0, 0.1) is 6.92 Å². The lowest BCUT2D eigenvalue weighted by atomic mass is 9.72. The number of hydrogen-bond acceptors (Lipinski definition) is 3. The zero-order valence-electron chi connectivity index (χ0n) is 13.8. The summed E-state index contributed by atoms with van der Waals surface area (Å²) in [4.78, 5) is 15.3. The lowest BCUT2D eigenvalue weighted by Crippen LogP contribution is -2.53. The second-order valence-electron chi connectivity index (χ2n) is 6.69. The first-order valence-electron chi connectivity index (χ1n) is 8.32. The number of piperidine rings is 1. The number of carbonyl (C=O) groups is 1. The summed E-state index contributed by atoms with van der Waals surface area (Å²) in [6.07, 6.45) is 3.37. The quantitative estimate of drug-likeness (QED) is 0.901. The average Bonchev–Trinajstić information content (AvgIpc) is 2.56. The van der Waals surface area contributed by atoms with E-state index in [1.807, 2.05) is 4.90 Å². The van der Waals surface area contributed by atoms with Crippen LogP contribution in [0.2, 0.25) is 0 Å². The van der Waals surface area contributed by atoms with E-state index in [1.165, 1.54) is 5.56 Å². The molecule has 2 saturated heterocycles. The first-order valence-corrected chi connectivity index (χ1v) is 8.32. The molecule has 0 spiro atoms. The molecule has 1 aromatic carbocycles. The predicted molar refractivity (Wildman–Crippen MR) is 93.9 cm³/mol. The Morgan fingerprint density at radius 2 is 1.74 bits per heavy atom. The third kappa shape index (κ3) is 3.70. The van der Waals surface area contributed by atoms with Gasteiger partial charge in [-0.3, -0.25) is 4.79 Å². The Balaban J connectivity index is 0.00000192. The molecule has 2 fully saturated rings. The van der Waals surface area contributed by atoms with E-state index < -0.39 is 5.41 Å². The van der Waals surface area contributed by atoms with Gasteiger partial charge >= 0.3 is 0 Å². The first-order chi connectivity index (χ1) is 10.6. The molecule has 3 rings (SSSR count). The third-order valence-corrected chi connectivity index (χ3v) is 5.19. The number of nitrogens with two attached hydrogens (primary N) is 1. The average molecular weight is 339 g/mol. The highest BCUT2D eigenvalue weighted by molar-refractivity contribution is 5.88. The third-order valence-electron chi connectivity index (χ3n) is 5.19. The normalized spacial score (nSPS) is 21.6. The number of likely N-dealkylation sites (tertiary alicyclic amines) is 1. The van der Waals surface area contributed by atoms with Crippen LogP contribution in [-0.4, -0.2) is 43.2 Å². The summed E-state index contributed by atoms with van der Waals surface area (Å²) >= 11 is 0. The zero-order chi connectivity index (χ0) is 15.6. The maximum atomic E-state index is 13.3. The van der Waals surface area contributed by atoms with E-state index in [-0.39, 0.29) is 24.4 Å². The SMILES string of the molecule is Cc1ccc(C2(C(=O)N3CCC(N)CC3)CCOCC2)cc1.Cl.